The van der Waals surface area contributed by atoms with Gasteiger partial charge in [0, 0.05) is 4.88 Å². The smallest absolute Gasteiger partial charge is 0.265 e. The van der Waals surface area contributed by atoms with Gasteiger partial charge in [0.1, 0.15) is 4.47 Å². The highest BCUT2D eigenvalue weighted by molar-refractivity contribution is 9.10. The van der Waals surface area contributed by atoms with Crippen molar-refractivity contribution in [3.8, 4) is 10.7 Å². The van der Waals surface area contributed by atoms with Crippen LogP contribution in [0.15, 0.2) is 21.4 Å². The Kier molecular flexibility index (Phi) is 3.79. The first-order valence-corrected chi connectivity index (χ1v) is 7.08. The molecule has 0 bridgehead atoms. The van der Waals surface area contributed by atoms with Crippen molar-refractivity contribution in [1.29, 1.82) is 0 Å². The van der Waals surface area contributed by atoms with Crippen molar-refractivity contribution >= 4 is 27.3 Å². The van der Waals surface area contributed by atoms with E-state index in [0.29, 0.717) is 10.3 Å². The molecule has 2 heterocycles. The molecule has 0 radical (unpaired) electrons. The van der Waals surface area contributed by atoms with E-state index in [4.69, 9.17) is 0 Å². The van der Waals surface area contributed by atoms with E-state index in [9.17, 15) is 4.79 Å². The maximum Gasteiger partial charge on any atom is 0.265 e. The number of halogens is 1. The molecule has 5 heteroatoms. The van der Waals surface area contributed by atoms with Crippen LogP contribution < -0.4 is 5.56 Å². The Balaban J connectivity index is 2.52. The maximum absolute atomic E-state index is 11.8. The van der Waals surface area contributed by atoms with Crippen LogP contribution in [0.3, 0.4) is 0 Å². The molecule has 0 aliphatic carbocycles. The number of hydrogen-bond acceptors (Lipinski definition) is 3. The standard InChI is InChI=1S/C12H13BrN2OS/c1-3-4-8-10(13)12(16)15-11(14-8)9-6-5-7(2)17-9/h5-6H,3-4H2,1-2H3,(H,14,15,16). The van der Waals surface area contributed by atoms with E-state index < -0.39 is 0 Å². The molecule has 17 heavy (non-hydrogen) atoms. The normalized spacial score (nSPS) is 10.8. The number of H-pyrrole nitrogens is 1. The lowest BCUT2D eigenvalue weighted by Crippen LogP contribution is -2.13. The Morgan fingerprint density at radius 2 is 2.24 bits per heavy atom. The molecule has 0 spiro atoms. The highest BCUT2D eigenvalue weighted by Crippen LogP contribution is 2.25. The molecule has 0 aliphatic heterocycles. The van der Waals surface area contributed by atoms with Crippen molar-refractivity contribution in [3.05, 3.63) is 37.5 Å². The minimum Gasteiger partial charge on any atom is -0.305 e. The first-order chi connectivity index (χ1) is 8.11. The third kappa shape index (κ3) is 2.66. The van der Waals surface area contributed by atoms with Gasteiger partial charge in [-0.1, -0.05) is 13.3 Å². The molecule has 0 unspecified atom stereocenters. The molecular formula is C12H13BrN2OS. The Morgan fingerprint density at radius 3 is 2.82 bits per heavy atom. The average molecular weight is 313 g/mol. The van der Waals surface area contributed by atoms with Gasteiger partial charge in [0.05, 0.1) is 10.6 Å². The Bertz CT molecular complexity index is 588. The topological polar surface area (TPSA) is 45.8 Å². The minimum absolute atomic E-state index is 0.107. The van der Waals surface area contributed by atoms with Crippen molar-refractivity contribution in [2.24, 2.45) is 0 Å². The number of nitrogens with one attached hydrogen (secondary N) is 1. The van der Waals surface area contributed by atoms with Crippen molar-refractivity contribution in [3.63, 3.8) is 0 Å². The number of thiophene rings is 1. The molecule has 90 valence electrons. The zero-order chi connectivity index (χ0) is 12.4. The van der Waals surface area contributed by atoms with Crippen LogP contribution in [0, 0.1) is 6.92 Å². The molecule has 3 nitrogen and oxygen atoms in total. The molecule has 2 aromatic heterocycles. The maximum atomic E-state index is 11.8. The summed E-state index contributed by atoms with van der Waals surface area (Å²) in [5.41, 5.74) is 0.724. The van der Waals surface area contributed by atoms with E-state index in [1.54, 1.807) is 11.3 Å². The number of rotatable bonds is 3. The molecule has 0 fully saturated rings. The van der Waals surface area contributed by atoms with E-state index in [1.807, 2.05) is 19.1 Å². The third-order valence-electron chi connectivity index (χ3n) is 2.39. The highest BCUT2D eigenvalue weighted by Gasteiger charge is 2.10. The quantitative estimate of drug-likeness (QED) is 0.942. The fourth-order valence-electron chi connectivity index (χ4n) is 1.59. The van der Waals surface area contributed by atoms with E-state index in [2.05, 4.69) is 32.8 Å². The van der Waals surface area contributed by atoms with Crippen molar-refractivity contribution < 1.29 is 0 Å². The predicted molar refractivity (Wildman–Crippen MR) is 74.6 cm³/mol. The second-order valence-electron chi connectivity index (χ2n) is 3.84. The van der Waals surface area contributed by atoms with Gasteiger partial charge in [-0.05, 0) is 41.4 Å². The number of aromatic amines is 1. The number of nitrogens with zero attached hydrogens (tertiary/aromatic N) is 1. The lowest BCUT2D eigenvalue weighted by Gasteiger charge is -2.04. The number of aromatic nitrogens is 2. The number of hydrogen-bond donors (Lipinski definition) is 1. The Labute approximate surface area is 112 Å². The molecule has 2 aromatic rings. The fraction of sp³-hybridized carbons (Fsp3) is 0.333. The fourth-order valence-corrected chi connectivity index (χ4v) is 2.78. The molecule has 0 saturated carbocycles. The van der Waals surface area contributed by atoms with E-state index >= 15 is 0 Å². The minimum atomic E-state index is -0.107. The zero-order valence-electron chi connectivity index (χ0n) is 9.71. The number of aryl methyl sites for hydroxylation is 2. The second kappa shape index (κ2) is 5.14. The van der Waals surface area contributed by atoms with Gasteiger partial charge in [-0.3, -0.25) is 4.79 Å². The van der Waals surface area contributed by atoms with Crippen LogP contribution in [0.4, 0.5) is 0 Å². The van der Waals surface area contributed by atoms with Gasteiger partial charge in [0.15, 0.2) is 5.82 Å². The Morgan fingerprint density at radius 1 is 1.47 bits per heavy atom. The monoisotopic (exact) mass is 312 g/mol. The van der Waals surface area contributed by atoms with Gasteiger partial charge in [-0.15, -0.1) is 11.3 Å². The average Bonchev–Trinajstić information content (AvgIpc) is 2.71. The van der Waals surface area contributed by atoms with Gasteiger partial charge in [0.25, 0.3) is 5.56 Å². The van der Waals surface area contributed by atoms with Gasteiger partial charge in [0.2, 0.25) is 0 Å². The summed E-state index contributed by atoms with van der Waals surface area (Å²) in [6.07, 6.45) is 1.78. The van der Waals surface area contributed by atoms with Crippen LogP contribution in [0.1, 0.15) is 23.9 Å². The van der Waals surface area contributed by atoms with Crippen LogP contribution in [0.25, 0.3) is 10.7 Å². The van der Waals surface area contributed by atoms with Crippen molar-refractivity contribution in [1.82, 2.24) is 9.97 Å². The molecule has 0 aliphatic rings. The molecule has 0 atom stereocenters. The Hall–Kier alpha value is -0.940. The second-order valence-corrected chi connectivity index (χ2v) is 5.92. The molecule has 0 aromatic carbocycles. The lowest BCUT2D eigenvalue weighted by molar-refractivity contribution is 0.862. The SMILES string of the molecule is CCCc1nc(-c2ccc(C)s2)[nH]c(=O)c1Br. The van der Waals surface area contributed by atoms with Crippen LogP contribution in [0.2, 0.25) is 0 Å². The molecule has 0 amide bonds. The van der Waals surface area contributed by atoms with Crippen LogP contribution in [-0.4, -0.2) is 9.97 Å². The predicted octanol–water partition coefficient (Wildman–Crippen LogP) is 3.52. The van der Waals surface area contributed by atoms with Gasteiger partial charge >= 0.3 is 0 Å². The van der Waals surface area contributed by atoms with Crippen molar-refractivity contribution in [2.75, 3.05) is 0 Å². The molecule has 1 N–H and O–H groups in total. The summed E-state index contributed by atoms with van der Waals surface area (Å²) in [7, 11) is 0. The van der Waals surface area contributed by atoms with Gasteiger partial charge in [-0.2, -0.15) is 0 Å². The molecule has 0 saturated heterocycles. The zero-order valence-corrected chi connectivity index (χ0v) is 12.1. The molecule has 2 rings (SSSR count). The van der Waals surface area contributed by atoms with Crippen molar-refractivity contribution in [2.45, 2.75) is 26.7 Å². The van der Waals surface area contributed by atoms with Crippen LogP contribution >= 0.6 is 27.3 Å². The summed E-state index contributed by atoms with van der Waals surface area (Å²) in [6, 6.07) is 4.02. The lowest BCUT2D eigenvalue weighted by atomic mass is 10.2. The first kappa shape index (κ1) is 12.5. The summed E-state index contributed by atoms with van der Waals surface area (Å²) in [4.78, 5) is 21.3. The van der Waals surface area contributed by atoms with Crippen LogP contribution in [-0.2, 0) is 6.42 Å². The van der Waals surface area contributed by atoms with Gasteiger partial charge in [-0.25, -0.2) is 4.98 Å². The summed E-state index contributed by atoms with van der Waals surface area (Å²) in [6.45, 7) is 4.11. The van der Waals surface area contributed by atoms with E-state index in [-0.39, 0.29) is 5.56 Å². The van der Waals surface area contributed by atoms with E-state index in [1.165, 1.54) is 4.88 Å². The summed E-state index contributed by atoms with van der Waals surface area (Å²) in [5, 5.41) is 0. The summed E-state index contributed by atoms with van der Waals surface area (Å²) >= 11 is 4.92. The van der Waals surface area contributed by atoms with Crippen LogP contribution in [0.5, 0.6) is 0 Å². The summed E-state index contributed by atoms with van der Waals surface area (Å²) in [5.74, 6) is 0.666. The summed E-state index contributed by atoms with van der Waals surface area (Å²) < 4.78 is 0.552. The first-order valence-electron chi connectivity index (χ1n) is 5.47. The highest BCUT2D eigenvalue weighted by atomic mass is 79.9. The molecular weight excluding hydrogens is 300 g/mol. The third-order valence-corrected chi connectivity index (χ3v) is 4.22. The largest absolute Gasteiger partial charge is 0.305 e. The van der Waals surface area contributed by atoms with Gasteiger partial charge < -0.3 is 4.98 Å². The van der Waals surface area contributed by atoms with E-state index in [0.717, 1.165) is 23.4 Å².